The number of fused-ring (bicyclic) bond motifs is 1. The van der Waals surface area contributed by atoms with Crippen LogP contribution in [0.25, 0.3) is 0 Å². The van der Waals surface area contributed by atoms with E-state index in [4.69, 9.17) is 30.5 Å². The highest BCUT2D eigenvalue weighted by Gasteiger charge is 2.32. The first-order chi connectivity index (χ1) is 17.0. The first-order valence-electron chi connectivity index (χ1n) is 11.3. The van der Waals surface area contributed by atoms with Crippen LogP contribution in [0.4, 0.5) is 10.5 Å². The smallest absolute Gasteiger partial charge is 0.322 e. The SMILES string of the molecule is COc1ccc(C[C@H]2c3cc(OC)c(OC)cc3CCN2C(=O)Nc2ccc(Cl)cc2)cc1OC. The summed E-state index contributed by atoms with van der Waals surface area (Å²) in [6.07, 6.45) is 1.28. The minimum Gasteiger partial charge on any atom is -0.493 e. The molecule has 35 heavy (non-hydrogen) atoms. The third-order valence-electron chi connectivity index (χ3n) is 6.24. The minimum atomic E-state index is -0.232. The Morgan fingerprint density at radius 1 is 0.886 bits per heavy atom. The van der Waals surface area contributed by atoms with Gasteiger partial charge in [0.2, 0.25) is 0 Å². The lowest BCUT2D eigenvalue weighted by Gasteiger charge is -2.38. The van der Waals surface area contributed by atoms with Gasteiger partial charge >= 0.3 is 6.03 Å². The van der Waals surface area contributed by atoms with E-state index in [1.165, 1.54) is 0 Å². The minimum absolute atomic E-state index is 0.182. The molecule has 7 nitrogen and oxygen atoms in total. The van der Waals surface area contributed by atoms with Crippen LogP contribution in [0.1, 0.15) is 22.7 Å². The molecule has 0 fully saturated rings. The number of benzene rings is 3. The fourth-order valence-electron chi connectivity index (χ4n) is 4.45. The van der Waals surface area contributed by atoms with Gasteiger partial charge < -0.3 is 29.2 Å². The van der Waals surface area contributed by atoms with Crippen LogP contribution in [-0.2, 0) is 12.8 Å². The summed E-state index contributed by atoms with van der Waals surface area (Å²) >= 11 is 6.00. The van der Waals surface area contributed by atoms with Gasteiger partial charge in [-0.3, -0.25) is 0 Å². The summed E-state index contributed by atoms with van der Waals surface area (Å²) in [5.74, 6) is 2.60. The van der Waals surface area contributed by atoms with E-state index >= 15 is 0 Å². The average molecular weight is 497 g/mol. The number of amides is 2. The molecule has 0 saturated carbocycles. The first-order valence-corrected chi connectivity index (χ1v) is 11.6. The van der Waals surface area contributed by atoms with Crippen molar-refractivity contribution in [2.24, 2.45) is 0 Å². The van der Waals surface area contributed by atoms with E-state index in [0.29, 0.717) is 53.1 Å². The van der Waals surface area contributed by atoms with E-state index in [0.717, 1.165) is 16.7 Å². The van der Waals surface area contributed by atoms with Crippen molar-refractivity contribution in [1.82, 2.24) is 4.90 Å². The Hall–Kier alpha value is -3.58. The Labute approximate surface area is 210 Å². The van der Waals surface area contributed by atoms with E-state index in [2.05, 4.69) is 5.32 Å². The molecule has 8 heteroatoms. The molecule has 4 rings (SSSR count). The lowest BCUT2D eigenvalue weighted by molar-refractivity contribution is 0.181. The Bertz CT molecular complexity index is 1200. The van der Waals surface area contributed by atoms with Gasteiger partial charge in [0.1, 0.15) is 0 Å². The number of carbonyl (C=O) groups excluding carboxylic acids is 1. The van der Waals surface area contributed by atoms with Crippen LogP contribution in [0.3, 0.4) is 0 Å². The number of hydrogen-bond donors (Lipinski definition) is 1. The molecular formula is C27H29ClN2O5. The largest absolute Gasteiger partial charge is 0.493 e. The number of urea groups is 1. The van der Waals surface area contributed by atoms with Gasteiger partial charge in [0.25, 0.3) is 0 Å². The summed E-state index contributed by atoms with van der Waals surface area (Å²) in [4.78, 5) is 15.3. The van der Waals surface area contributed by atoms with Gasteiger partial charge in [-0.1, -0.05) is 17.7 Å². The second-order valence-electron chi connectivity index (χ2n) is 8.20. The number of carbonyl (C=O) groups is 1. The van der Waals surface area contributed by atoms with Crippen LogP contribution in [-0.4, -0.2) is 45.9 Å². The van der Waals surface area contributed by atoms with Crippen molar-refractivity contribution in [3.8, 4) is 23.0 Å². The van der Waals surface area contributed by atoms with Crippen molar-refractivity contribution in [2.45, 2.75) is 18.9 Å². The van der Waals surface area contributed by atoms with Gasteiger partial charge in [0.05, 0.1) is 34.5 Å². The van der Waals surface area contributed by atoms with Gasteiger partial charge in [0, 0.05) is 17.3 Å². The average Bonchev–Trinajstić information content (AvgIpc) is 2.89. The molecule has 0 radical (unpaired) electrons. The molecule has 0 aromatic heterocycles. The molecule has 184 valence electrons. The molecule has 2 amide bonds. The molecule has 3 aromatic rings. The highest BCUT2D eigenvalue weighted by molar-refractivity contribution is 6.30. The van der Waals surface area contributed by atoms with Gasteiger partial charge in [0.15, 0.2) is 23.0 Å². The number of nitrogens with zero attached hydrogens (tertiary/aromatic N) is 1. The Morgan fingerprint density at radius 3 is 2.17 bits per heavy atom. The zero-order valence-corrected chi connectivity index (χ0v) is 21.0. The number of nitrogens with one attached hydrogen (secondary N) is 1. The maximum atomic E-state index is 13.4. The van der Waals surface area contributed by atoms with E-state index in [1.807, 2.05) is 35.2 Å². The standard InChI is InChI=1S/C27H29ClN2O5/c1-32-23-10-5-17(14-24(23)33-2)13-22-21-16-26(35-4)25(34-3)15-18(21)11-12-30(22)27(31)29-20-8-6-19(28)7-9-20/h5-10,14-16,22H,11-13H2,1-4H3,(H,29,31)/t22-/m0/s1. The number of halogens is 1. The third kappa shape index (κ3) is 5.25. The Morgan fingerprint density at radius 2 is 1.51 bits per heavy atom. The van der Waals surface area contributed by atoms with Gasteiger partial charge in [-0.2, -0.15) is 0 Å². The maximum absolute atomic E-state index is 13.4. The van der Waals surface area contributed by atoms with E-state index < -0.39 is 0 Å². The molecule has 1 heterocycles. The summed E-state index contributed by atoms with van der Waals surface area (Å²) in [6, 6.07) is 16.5. The summed E-state index contributed by atoms with van der Waals surface area (Å²) in [7, 11) is 6.46. The Kier molecular flexibility index (Phi) is 7.56. The van der Waals surface area contributed by atoms with Crippen molar-refractivity contribution in [3.05, 3.63) is 76.3 Å². The number of hydrogen-bond acceptors (Lipinski definition) is 5. The van der Waals surface area contributed by atoms with Crippen LogP contribution in [0, 0.1) is 0 Å². The van der Waals surface area contributed by atoms with Gasteiger partial charge in [-0.25, -0.2) is 4.79 Å². The van der Waals surface area contributed by atoms with Crippen molar-refractivity contribution in [2.75, 3.05) is 40.3 Å². The van der Waals surface area contributed by atoms with E-state index in [1.54, 1.807) is 52.7 Å². The Balaban J connectivity index is 1.71. The first kappa shape index (κ1) is 24.5. The lowest BCUT2D eigenvalue weighted by Crippen LogP contribution is -2.43. The van der Waals surface area contributed by atoms with E-state index in [9.17, 15) is 4.79 Å². The van der Waals surface area contributed by atoms with Crippen molar-refractivity contribution < 1.29 is 23.7 Å². The number of ether oxygens (including phenoxy) is 4. The van der Waals surface area contributed by atoms with Crippen molar-refractivity contribution >= 4 is 23.3 Å². The fourth-order valence-corrected chi connectivity index (χ4v) is 4.58. The summed E-state index contributed by atoms with van der Waals surface area (Å²) in [6.45, 7) is 0.555. The molecule has 1 N–H and O–H groups in total. The lowest BCUT2D eigenvalue weighted by atomic mass is 9.88. The van der Waals surface area contributed by atoms with Crippen molar-refractivity contribution in [1.29, 1.82) is 0 Å². The monoisotopic (exact) mass is 496 g/mol. The van der Waals surface area contributed by atoms with Crippen LogP contribution in [0.2, 0.25) is 5.02 Å². The molecular weight excluding hydrogens is 468 g/mol. The van der Waals surface area contributed by atoms with Crippen molar-refractivity contribution in [3.63, 3.8) is 0 Å². The quantitative estimate of drug-likeness (QED) is 0.451. The third-order valence-corrected chi connectivity index (χ3v) is 6.49. The molecule has 0 spiro atoms. The number of rotatable bonds is 7. The molecule has 1 aliphatic rings. The summed E-state index contributed by atoms with van der Waals surface area (Å²) in [5.41, 5.74) is 3.85. The van der Waals surface area contributed by atoms with Crippen LogP contribution < -0.4 is 24.3 Å². The molecule has 3 aromatic carbocycles. The molecule has 0 aliphatic carbocycles. The topological polar surface area (TPSA) is 69.3 Å². The zero-order chi connectivity index (χ0) is 24.9. The van der Waals surface area contributed by atoms with E-state index in [-0.39, 0.29) is 12.1 Å². The van der Waals surface area contributed by atoms with Crippen LogP contribution in [0.5, 0.6) is 23.0 Å². The molecule has 0 unspecified atom stereocenters. The molecule has 1 aliphatic heterocycles. The second kappa shape index (κ2) is 10.8. The predicted molar refractivity (Wildman–Crippen MR) is 136 cm³/mol. The maximum Gasteiger partial charge on any atom is 0.322 e. The molecule has 1 atom stereocenters. The predicted octanol–water partition coefficient (Wildman–Crippen LogP) is 5.75. The van der Waals surface area contributed by atoms with Gasteiger partial charge in [-0.05, 0) is 78.1 Å². The second-order valence-corrected chi connectivity index (χ2v) is 8.63. The summed E-state index contributed by atoms with van der Waals surface area (Å²) < 4.78 is 22.0. The normalized spacial score (nSPS) is 14.7. The zero-order valence-electron chi connectivity index (χ0n) is 20.3. The molecule has 0 bridgehead atoms. The van der Waals surface area contributed by atoms with Gasteiger partial charge in [-0.15, -0.1) is 0 Å². The van der Waals surface area contributed by atoms with Crippen LogP contribution in [0.15, 0.2) is 54.6 Å². The highest BCUT2D eigenvalue weighted by Crippen LogP contribution is 2.40. The van der Waals surface area contributed by atoms with Crippen LogP contribution >= 0.6 is 11.6 Å². The summed E-state index contributed by atoms with van der Waals surface area (Å²) in [5, 5.41) is 3.62. The number of methoxy groups -OCH3 is 4. The highest BCUT2D eigenvalue weighted by atomic mass is 35.5. The fraction of sp³-hybridized carbons (Fsp3) is 0.296. The number of anilines is 1. The molecule has 0 saturated heterocycles.